The number of hydrogen-bond acceptors (Lipinski definition) is 4. The third-order valence-electron chi connectivity index (χ3n) is 3.56. The first-order valence-electron chi connectivity index (χ1n) is 6.75. The van der Waals surface area contributed by atoms with Crippen molar-refractivity contribution < 1.29 is 19.1 Å². The van der Waals surface area contributed by atoms with Gasteiger partial charge in [-0.15, -0.1) is 0 Å². The van der Waals surface area contributed by atoms with E-state index in [0.29, 0.717) is 10.0 Å². The van der Waals surface area contributed by atoms with Crippen molar-refractivity contribution in [1.82, 2.24) is 0 Å². The Balaban J connectivity index is 2.41. The van der Waals surface area contributed by atoms with Gasteiger partial charge in [-0.25, -0.2) is 0 Å². The predicted octanol–water partition coefficient (Wildman–Crippen LogP) is 3.20. The van der Waals surface area contributed by atoms with Gasteiger partial charge >= 0.3 is 11.9 Å². The van der Waals surface area contributed by atoms with Crippen molar-refractivity contribution >= 4 is 35.1 Å². The zero-order chi connectivity index (χ0) is 15.6. The van der Waals surface area contributed by atoms with Crippen molar-refractivity contribution in [2.45, 2.75) is 26.7 Å². The fourth-order valence-electron chi connectivity index (χ4n) is 2.58. The summed E-state index contributed by atoms with van der Waals surface area (Å²) in [7, 11) is 0. The Hall–Kier alpha value is -1.26. The van der Waals surface area contributed by atoms with E-state index in [2.05, 4.69) is 0 Å². The number of carbonyl (C=O) groups is 2. The molecule has 0 amide bonds. The Morgan fingerprint density at radius 3 is 1.71 bits per heavy atom. The van der Waals surface area contributed by atoms with E-state index in [4.69, 9.17) is 32.7 Å². The summed E-state index contributed by atoms with van der Waals surface area (Å²) in [6.45, 7) is 3.81. The monoisotopic (exact) mass is 330 g/mol. The standard InChI is InChI=1S/C15H16Cl2O4/c1-3-20-13(18)15(14(19)21-4-2)7-9-5-11(16)12(17)6-10(9)8-15/h5-6H,3-4,7-8H2,1-2H3. The van der Waals surface area contributed by atoms with Crippen LogP contribution in [-0.2, 0) is 31.9 Å². The zero-order valence-electron chi connectivity index (χ0n) is 11.9. The molecule has 2 rings (SSSR count). The Labute approximate surface area is 133 Å². The molecule has 1 aliphatic rings. The van der Waals surface area contributed by atoms with Crippen LogP contribution in [0, 0.1) is 5.41 Å². The highest BCUT2D eigenvalue weighted by atomic mass is 35.5. The van der Waals surface area contributed by atoms with Crippen molar-refractivity contribution in [2.75, 3.05) is 13.2 Å². The topological polar surface area (TPSA) is 52.6 Å². The molecule has 0 radical (unpaired) electrons. The lowest BCUT2D eigenvalue weighted by atomic mass is 9.85. The lowest BCUT2D eigenvalue weighted by Gasteiger charge is -2.23. The van der Waals surface area contributed by atoms with Gasteiger partial charge < -0.3 is 9.47 Å². The van der Waals surface area contributed by atoms with E-state index in [9.17, 15) is 9.59 Å². The van der Waals surface area contributed by atoms with E-state index in [-0.39, 0.29) is 26.1 Å². The molecule has 0 aromatic heterocycles. The highest BCUT2D eigenvalue weighted by Crippen LogP contribution is 2.42. The van der Waals surface area contributed by atoms with Gasteiger partial charge in [0, 0.05) is 0 Å². The van der Waals surface area contributed by atoms with E-state index in [0.717, 1.165) is 11.1 Å². The van der Waals surface area contributed by atoms with E-state index >= 15 is 0 Å². The first-order valence-corrected chi connectivity index (χ1v) is 7.51. The van der Waals surface area contributed by atoms with Crippen molar-refractivity contribution in [3.05, 3.63) is 33.3 Å². The molecule has 0 bridgehead atoms. The normalized spacial score (nSPS) is 15.4. The lowest BCUT2D eigenvalue weighted by molar-refractivity contribution is -0.171. The molecule has 1 aliphatic carbocycles. The van der Waals surface area contributed by atoms with Gasteiger partial charge in [0.05, 0.1) is 23.3 Å². The summed E-state index contributed by atoms with van der Waals surface area (Å²) in [5.74, 6) is -1.13. The maximum atomic E-state index is 12.3. The van der Waals surface area contributed by atoms with Gasteiger partial charge in [0.15, 0.2) is 5.41 Å². The molecule has 0 atom stereocenters. The number of carbonyl (C=O) groups excluding carboxylic acids is 2. The average molecular weight is 331 g/mol. The van der Waals surface area contributed by atoms with Crippen LogP contribution in [0.15, 0.2) is 12.1 Å². The van der Waals surface area contributed by atoms with Crippen LogP contribution in [0.5, 0.6) is 0 Å². The highest BCUT2D eigenvalue weighted by molar-refractivity contribution is 6.42. The minimum Gasteiger partial charge on any atom is -0.465 e. The number of esters is 2. The Morgan fingerprint density at radius 2 is 1.38 bits per heavy atom. The van der Waals surface area contributed by atoms with Crippen molar-refractivity contribution in [1.29, 1.82) is 0 Å². The van der Waals surface area contributed by atoms with Crippen LogP contribution in [0.4, 0.5) is 0 Å². The van der Waals surface area contributed by atoms with Gasteiger partial charge in [0.1, 0.15) is 0 Å². The molecule has 6 heteroatoms. The van der Waals surface area contributed by atoms with Gasteiger partial charge in [-0.2, -0.15) is 0 Å². The van der Waals surface area contributed by atoms with Crippen LogP contribution in [0.3, 0.4) is 0 Å². The van der Waals surface area contributed by atoms with Crippen LogP contribution >= 0.6 is 23.2 Å². The van der Waals surface area contributed by atoms with Crippen LogP contribution in [-0.4, -0.2) is 25.2 Å². The molecule has 1 aromatic rings. The zero-order valence-corrected chi connectivity index (χ0v) is 13.4. The lowest BCUT2D eigenvalue weighted by Crippen LogP contribution is -2.43. The third-order valence-corrected chi connectivity index (χ3v) is 4.28. The van der Waals surface area contributed by atoms with Gasteiger partial charge in [0.25, 0.3) is 0 Å². The molecular formula is C15H16Cl2O4. The summed E-state index contributed by atoms with van der Waals surface area (Å²) in [5.41, 5.74) is 0.318. The van der Waals surface area contributed by atoms with E-state index in [1.54, 1.807) is 26.0 Å². The third kappa shape index (κ3) is 2.87. The first kappa shape index (κ1) is 16.1. The Bertz CT molecular complexity index is 532. The van der Waals surface area contributed by atoms with Gasteiger partial charge in [-0.1, -0.05) is 23.2 Å². The van der Waals surface area contributed by atoms with E-state index in [1.807, 2.05) is 0 Å². The van der Waals surface area contributed by atoms with Crippen molar-refractivity contribution in [3.8, 4) is 0 Å². The quantitative estimate of drug-likeness (QED) is 0.628. The fourth-order valence-corrected chi connectivity index (χ4v) is 2.95. The van der Waals surface area contributed by atoms with Crippen LogP contribution in [0.1, 0.15) is 25.0 Å². The van der Waals surface area contributed by atoms with Gasteiger partial charge in [-0.05, 0) is 49.9 Å². The highest BCUT2D eigenvalue weighted by Gasteiger charge is 2.53. The minimum absolute atomic E-state index is 0.206. The average Bonchev–Trinajstić information content (AvgIpc) is 2.80. The summed E-state index contributed by atoms with van der Waals surface area (Å²) in [4.78, 5) is 24.7. The predicted molar refractivity (Wildman–Crippen MR) is 79.6 cm³/mol. The number of halogens is 2. The number of hydrogen-bond donors (Lipinski definition) is 0. The maximum Gasteiger partial charge on any atom is 0.324 e. The van der Waals surface area contributed by atoms with Gasteiger partial charge in [0.2, 0.25) is 0 Å². The molecule has 4 nitrogen and oxygen atoms in total. The molecule has 1 aromatic carbocycles. The Kier molecular flexibility index (Phi) is 4.79. The molecule has 0 N–H and O–H groups in total. The van der Waals surface area contributed by atoms with E-state index in [1.165, 1.54) is 0 Å². The smallest absolute Gasteiger partial charge is 0.324 e. The molecule has 114 valence electrons. The van der Waals surface area contributed by atoms with Gasteiger partial charge in [-0.3, -0.25) is 9.59 Å². The Morgan fingerprint density at radius 1 is 1.00 bits per heavy atom. The summed E-state index contributed by atoms with van der Waals surface area (Å²) in [6.07, 6.45) is 0.438. The fraction of sp³-hybridized carbons (Fsp3) is 0.467. The molecule has 0 saturated heterocycles. The minimum atomic E-state index is -1.33. The second kappa shape index (κ2) is 6.24. The summed E-state index contributed by atoms with van der Waals surface area (Å²) in [6, 6.07) is 3.39. The first-order chi connectivity index (χ1) is 9.94. The summed E-state index contributed by atoms with van der Waals surface area (Å²) >= 11 is 12.0. The molecule has 0 saturated carbocycles. The van der Waals surface area contributed by atoms with Crippen LogP contribution in [0.25, 0.3) is 0 Å². The number of fused-ring (bicyclic) bond motifs is 1. The molecule has 21 heavy (non-hydrogen) atoms. The molecule has 0 fully saturated rings. The molecule has 0 unspecified atom stereocenters. The number of rotatable bonds is 4. The van der Waals surface area contributed by atoms with Crippen molar-refractivity contribution in [2.24, 2.45) is 5.41 Å². The maximum absolute atomic E-state index is 12.3. The SMILES string of the molecule is CCOC(=O)C1(C(=O)OCC)Cc2cc(Cl)c(Cl)cc2C1. The van der Waals surface area contributed by atoms with Crippen molar-refractivity contribution in [3.63, 3.8) is 0 Å². The number of ether oxygens (including phenoxy) is 2. The summed E-state index contributed by atoms with van der Waals surface area (Å²) in [5, 5.41) is 0.804. The van der Waals surface area contributed by atoms with E-state index < -0.39 is 17.4 Å². The second-order valence-electron chi connectivity index (χ2n) is 4.91. The van der Waals surface area contributed by atoms with Crippen LogP contribution in [0.2, 0.25) is 10.0 Å². The molecule has 0 aliphatic heterocycles. The largest absolute Gasteiger partial charge is 0.465 e. The molecular weight excluding hydrogens is 315 g/mol. The number of benzene rings is 1. The molecule has 0 heterocycles. The second-order valence-corrected chi connectivity index (χ2v) is 5.73. The molecule has 0 spiro atoms. The van der Waals surface area contributed by atoms with Crippen LogP contribution < -0.4 is 0 Å². The summed E-state index contributed by atoms with van der Waals surface area (Å²) < 4.78 is 10.2.